The molecule has 1 aromatic carbocycles. The van der Waals surface area contributed by atoms with Crippen molar-refractivity contribution in [2.24, 2.45) is 5.92 Å². The van der Waals surface area contributed by atoms with E-state index >= 15 is 0 Å². The van der Waals surface area contributed by atoms with Crippen molar-refractivity contribution in [3.63, 3.8) is 0 Å². The number of halogens is 3. The first-order valence-electron chi connectivity index (χ1n) is 7.66. The van der Waals surface area contributed by atoms with Crippen LogP contribution in [0, 0.1) is 5.92 Å². The van der Waals surface area contributed by atoms with E-state index in [0.717, 1.165) is 5.69 Å². The number of hydrogen-bond donors (Lipinski definition) is 0. The second-order valence-corrected chi connectivity index (χ2v) is 6.03. The van der Waals surface area contributed by atoms with E-state index in [2.05, 4.69) is 0 Å². The second-order valence-electron chi connectivity index (χ2n) is 6.03. The lowest BCUT2D eigenvalue weighted by atomic mass is 10.0. The van der Waals surface area contributed by atoms with Gasteiger partial charge in [-0.2, -0.15) is 13.2 Å². The lowest BCUT2D eigenvalue weighted by Gasteiger charge is -2.40. The van der Waals surface area contributed by atoms with Crippen molar-refractivity contribution in [2.75, 3.05) is 31.1 Å². The molecular weight excluding hydrogens is 325 g/mol. The SMILES string of the molecule is O=C([C@H]1CC(=O)N(c2ccccc2)C1)N1CC(OCC(F)(F)F)C1. The predicted octanol–water partition coefficient (Wildman–Crippen LogP) is 1.83. The van der Waals surface area contributed by atoms with Gasteiger partial charge in [0, 0.05) is 31.7 Å². The smallest absolute Gasteiger partial charge is 0.365 e. The third-order valence-electron chi connectivity index (χ3n) is 4.18. The molecule has 0 bridgehead atoms. The molecule has 3 rings (SSSR count). The Balaban J connectivity index is 1.50. The van der Waals surface area contributed by atoms with E-state index in [1.54, 1.807) is 17.0 Å². The Labute approximate surface area is 137 Å². The van der Waals surface area contributed by atoms with Gasteiger partial charge in [-0.3, -0.25) is 9.59 Å². The minimum absolute atomic E-state index is 0.120. The summed E-state index contributed by atoms with van der Waals surface area (Å²) in [6, 6.07) is 9.07. The summed E-state index contributed by atoms with van der Waals surface area (Å²) in [6.45, 7) is -0.717. The van der Waals surface area contributed by atoms with E-state index in [1.165, 1.54) is 4.90 Å². The van der Waals surface area contributed by atoms with Crippen LogP contribution in [-0.2, 0) is 14.3 Å². The van der Waals surface area contributed by atoms with Crippen LogP contribution in [0.25, 0.3) is 0 Å². The number of amides is 2. The molecule has 24 heavy (non-hydrogen) atoms. The number of carbonyl (C=O) groups is 2. The van der Waals surface area contributed by atoms with E-state index in [-0.39, 0.29) is 31.3 Å². The fourth-order valence-corrected chi connectivity index (χ4v) is 2.92. The fourth-order valence-electron chi connectivity index (χ4n) is 2.92. The van der Waals surface area contributed by atoms with Crippen molar-refractivity contribution in [3.8, 4) is 0 Å². The number of nitrogens with zero attached hydrogens (tertiary/aromatic N) is 2. The number of alkyl halides is 3. The van der Waals surface area contributed by atoms with Gasteiger partial charge in [-0.25, -0.2) is 0 Å². The van der Waals surface area contributed by atoms with E-state index in [0.29, 0.717) is 6.54 Å². The molecule has 2 aliphatic rings. The van der Waals surface area contributed by atoms with Crippen LogP contribution in [0.5, 0.6) is 0 Å². The lowest BCUT2D eigenvalue weighted by Crippen LogP contribution is -2.57. The number of hydrogen-bond acceptors (Lipinski definition) is 3. The lowest BCUT2D eigenvalue weighted by molar-refractivity contribution is -0.200. The minimum atomic E-state index is -4.36. The molecule has 2 fully saturated rings. The van der Waals surface area contributed by atoms with Crippen LogP contribution in [0.3, 0.4) is 0 Å². The number of rotatable bonds is 4. The highest BCUT2D eigenvalue weighted by Crippen LogP contribution is 2.28. The number of anilines is 1. The first-order chi connectivity index (χ1) is 11.3. The van der Waals surface area contributed by atoms with Crippen LogP contribution in [0.1, 0.15) is 6.42 Å². The molecule has 0 radical (unpaired) electrons. The number of ether oxygens (including phenoxy) is 1. The van der Waals surface area contributed by atoms with Gasteiger partial charge in [-0.15, -0.1) is 0 Å². The summed E-state index contributed by atoms with van der Waals surface area (Å²) in [5.74, 6) is -0.778. The zero-order valence-electron chi connectivity index (χ0n) is 12.8. The van der Waals surface area contributed by atoms with Crippen LogP contribution in [-0.4, -0.2) is 55.2 Å². The monoisotopic (exact) mass is 342 g/mol. The number of likely N-dealkylation sites (tertiary alicyclic amines) is 1. The zero-order chi connectivity index (χ0) is 17.3. The molecule has 2 amide bonds. The number of para-hydroxylation sites is 1. The fraction of sp³-hybridized carbons (Fsp3) is 0.500. The van der Waals surface area contributed by atoms with Crippen molar-refractivity contribution >= 4 is 17.5 Å². The summed E-state index contributed by atoms with van der Waals surface area (Å²) >= 11 is 0. The Morgan fingerprint density at radius 1 is 1.17 bits per heavy atom. The molecule has 0 unspecified atom stereocenters. The van der Waals surface area contributed by atoms with Gasteiger partial charge in [0.2, 0.25) is 11.8 Å². The molecule has 0 spiro atoms. The average Bonchev–Trinajstić information content (AvgIpc) is 2.87. The maximum absolute atomic E-state index is 12.4. The molecule has 130 valence electrons. The molecule has 0 N–H and O–H groups in total. The van der Waals surface area contributed by atoms with Crippen LogP contribution in [0.2, 0.25) is 0 Å². The van der Waals surface area contributed by atoms with Gasteiger partial charge in [-0.05, 0) is 12.1 Å². The maximum atomic E-state index is 12.4. The maximum Gasteiger partial charge on any atom is 0.411 e. The quantitative estimate of drug-likeness (QED) is 0.839. The molecule has 5 nitrogen and oxygen atoms in total. The molecule has 8 heteroatoms. The summed E-state index contributed by atoms with van der Waals surface area (Å²) in [5, 5.41) is 0. The van der Waals surface area contributed by atoms with Gasteiger partial charge >= 0.3 is 6.18 Å². The first kappa shape index (κ1) is 16.8. The molecule has 0 aromatic heterocycles. The Bertz CT molecular complexity index is 615. The van der Waals surface area contributed by atoms with E-state index in [1.807, 2.05) is 18.2 Å². The molecule has 2 aliphatic heterocycles. The van der Waals surface area contributed by atoms with Crippen molar-refractivity contribution in [3.05, 3.63) is 30.3 Å². The Morgan fingerprint density at radius 2 is 1.83 bits per heavy atom. The largest absolute Gasteiger partial charge is 0.411 e. The van der Waals surface area contributed by atoms with Crippen LogP contribution >= 0.6 is 0 Å². The Kier molecular flexibility index (Phi) is 4.49. The Hall–Kier alpha value is -2.09. The summed E-state index contributed by atoms with van der Waals surface area (Å²) in [7, 11) is 0. The highest BCUT2D eigenvalue weighted by molar-refractivity contribution is 6.00. The van der Waals surface area contributed by atoms with Crippen LogP contribution in [0.4, 0.5) is 18.9 Å². The highest BCUT2D eigenvalue weighted by atomic mass is 19.4. The van der Waals surface area contributed by atoms with Gasteiger partial charge in [0.25, 0.3) is 0 Å². The van der Waals surface area contributed by atoms with Crippen molar-refractivity contribution in [2.45, 2.75) is 18.7 Å². The third-order valence-corrected chi connectivity index (χ3v) is 4.18. The van der Waals surface area contributed by atoms with E-state index in [4.69, 9.17) is 4.74 Å². The molecule has 2 heterocycles. The zero-order valence-corrected chi connectivity index (χ0v) is 12.8. The normalized spacial score (nSPS) is 22.0. The molecule has 0 saturated carbocycles. The summed E-state index contributed by atoms with van der Waals surface area (Å²) in [4.78, 5) is 27.5. The van der Waals surface area contributed by atoms with Gasteiger partial charge in [0.05, 0.1) is 12.0 Å². The van der Waals surface area contributed by atoms with Crippen LogP contribution in [0.15, 0.2) is 30.3 Å². The van der Waals surface area contributed by atoms with E-state index in [9.17, 15) is 22.8 Å². The number of carbonyl (C=O) groups excluding carboxylic acids is 2. The summed E-state index contributed by atoms with van der Waals surface area (Å²) < 4.78 is 40.9. The predicted molar refractivity (Wildman–Crippen MR) is 79.3 cm³/mol. The second kappa shape index (κ2) is 6.43. The van der Waals surface area contributed by atoms with Gasteiger partial charge in [0.1, 0.15) is 6.61 Å². The summed E-state index contributed by atoms with van der Waals surface area (Å²) in [6.07, 6.45) is -4.82. The average molecular weight is 342 g/mol. The molecule has 2 saturated heterocycles. The Morgan fingerprint density at radius 3 is 2.46 bits per heavy atom. The molecule has 0 aliphatic carbocycles. The van der Waals surface area contributed by atoms with Gasteiger partial charge in [0.15, 0.2) is 0 Å². The van der Waals surface area contributed by atoms with Gasteiger partial charge in [-0.1, -0.05) is 18.2 Å². The van der Waals surface area contributed by atoms with Crippen molar-refractivity contribution < 1.29 is 27.5 Å². The topological polar surface area (TPSA) is 49.9 Å². The standard InChI is InChI=1S/C16H17F3N2O3/c17-16(18,19)10-24-13-8-20(9-13)15(23)11-6-14(22)21(7-11)12-4-2-1-3-5-12/h1-5,11,13H,6-10H2/t11-/m0/s1. The highest BCUT2D eigenvalue weighted by Gasteiger charge is 2.42. The van der Waals surface area contributed by atoms with Crippen molar-refractivity contribution in [1.29, 1.82) is 0 Å². The van der Waals surface area contributed by atoms with Crippen LogP contribution < -0.4 is 4.90 Å². The van der Waals surface area contributed by atoms with E-state index < -0.39 is 24.8 Å². The van der Waals surface area contributed by atoms with Gasteiger partial charge < -0.3 is 14.5 Å². The number of benzene rings is 1. The molecule has 1 aromatic rings. The molecular formula is C16H17F3N2O3. The first-order valence-corrected chi connectivity index (χ1v) is 7.66. The summed E-state index contributed by atoms with van der Waals surface area (Å²) in [5.41, 5.74) is 0.743. The third kappa shape index (κ3) is 3.69. The minimum Gasteiger partial charge on any atom is -0.365 e. The molecule has 1 atom stereocenters. The van der Waals surface area contributed by atoms with Crippen molar-refractivity contribution in [1.82, 2.24) is 4.90 Å².